The third-order valence-corrected chi connectivity index (χ3v) is 1.58. The number of quaternary nitrogens is 1. The van der Waals surface area contributed by atoms with E-state index in [9.17, 15) is 0 Å². The fraction of sp³-hybridized carbons (Fsp3) is 0.143. The van der Waals surface area contributed by atoms with Crippen LogP contribution in [0.3, 0.4) is 0 Å². The lowest BCUT2D eigenvalue weighted by molar-refractivity contribution is -0.386. The molecule has 0 heterocycles. The van der Waals surface area contributed by atoms with E-state index in [0.717, 1.165) is 4.47 Å². The van der Waals surface area contributed by atoms with E-state index in [2.05, 4.69) is 21.7 Å². The third-order valence-electron chi connectivity index (χ3n) is 1.05. The first-order chi connectivity index (χ1) is 5.00. The van der Waals surface area contributed by atoms with Gasteiger partial charge < -0.3 is 18.1 Å². The molecule has 1 rings (SSSR count). The van der Waals surface area contributed by atoms with Crippen molar-refractivity contribution in [3.8, 4) is 0 Å². The molecule has 0 aliphatic carbocycles. The van der Waals surface area contributed by atoms with Gasteiger partial charge in [0.05, 0.1) is 9.24 Å². The van der Waals surface area contributed by atoms with Gasteiger partial charge in [0.2, 0.25) is 0 Å². The molecule has 0 radical (unpaired) electrons. The Kier molecular flexibility index (Phi) is 3.14. The summed E-state index contributed by atoms with van der Waals surface area (Å²) in [5.41, 5.74) is 3.99. The Labute approximate surface area is 78.0 Å². The Hall–Kier alpha value is -0.0500. The number of hydrogen-bond donors (Lipinski definition) is 1. The minimum atomic E-state index is -1.49. The summed E-state index contributed by atoms with van der Waals surface area (Å²) in [4.78, 5) is 0. The van der Waals surface area contributed by atoms with Crippen LogP contribution in [0, 0.1) is 0 Å². The Bertz CT molecular complexity index is 245. The van der Waals surface area contributed by atoms with Gasteiger partial charge in [-0.25, -0.2) is 0 Å². The maximum Gasteiger partial charge on any atom is 0.0997 e. The van der Waals surface area contributed by atoms with Gasteiger partial charge in [0.1, 0.15) is 0 Å². The SMILES string of the molecule is [2H]C([2H])([NH3+])c1ccc(Br)cc1.[Cl-]. The second-order valence-electron chi connectivity index (χ2n) is 1.68. The first-order valence-corrected chi connectivity index (χ1v) is 3.41. The molecule has 1 nitrogen and oxygen atoms in total. The highest BCUT2D eigenvalue weighted by Crippen LogP contribution is 2.09. The number of benzene rings is 1. The molecule has 56 valence electrons. The number of rotatable bonds is 1. The van der Waals surface area contributed by atoms with Crippen LogP contribution in [0.4, 0.5) is 0 Å². The molecule has 0 fully saturated rings. The van der Waals surface area contributed by atoms with Gasteiger partial charge >= 0.3 is 0 Å². The molecule has 0 aliphatic rings. The molecule has 3 heteroatoms. The second kappa shape index (κ2) is 4.72. The fourth-order valence-corrected chi connectivity index (χ4v) is 0.832. The van der Waals surface area contributed by atoms with E-state index < -0.39 is 6.50 Å². The van der Waals surface area contributed by atoms with Crippen molar-refractivity contribution in [3.63, 3.8) is 0 Å². The van der Waals surface area contributed by atoms with Crippen LogP contribution in [0.5, 0.6) is 0 Å². The van der Waals surface area contributed by atoms with Gasteiger partial charge in [0, 0.05) is 10.0 Å². The van der Waals surface area contributed by atoms with Crippen molar-refractivity contribution in [2.75, 3.05) is 0 Å². The molecule has 3 N–H and O–H groups in total. The van der Waals surface area contributed by atoms with Crippen molar-refractivity contribution >= 4 is 15.9 Å². The minimum absolute atomic E-state index is 0. The fourth-order valence-electron chi connectivity index (χ4n) is 0.568. The van der Waals surface area contributed by atoms with Crippen LogP contribution in [0.15, 0.2) is 28.7 Å². The molecule has 0 spiro atoms. The van der Waals surface area contributed by atoms with Crippen molar-refractivity contribution in [3.05, 3.63) is 34.3 Å². The van der Waals surface area contributed by atoms with Gasteiger partial charge in [-0.05, 0) is 12.1 Å². The zero-order chi connectivity index (χ0) is 8.48. The lowest BCUT2D eigenvalue weighted by atomic mass is 10.2. The van der Waals surface area contributed by atoms with Crippen LogP contribution in [-0.2, 0) is 6.50 Å². The van der Waals surface area contributed by atoms with Crippen molar-refractivity contribution in [1.82, 2.24) is 0 Å². The van der Waals surface area contributed by atoms with Crippen LogP contribution in [0.2, 0.25) is 0 Å². The zero-order valence-corrected chi connectivity index (χ0v) is 7.61. The van der Waals surface area contributed by atoms with Gasteiger partial charge in [-0.3, -0.25) is 0 Å². The maximum atomic E-state index is 7.28. The van der Waals surface area contributed by atoms with E-state index in [0.29, 0.717) is 5.56 Å². The molecule has 0 saturated heterocycles. The van der Waals surface area contributed by atoms with E-state index >= 15 is 0 Å². The first-order valence-electron chi connectivity index (χ1n) is 3.61. The summed E-state index contributed by atoms with van der Waals surface area (Å²) in [6.07, 6.45) is 0. The predicted molar refractivity (Wildman–Crippen MR) is 40.7 cm³/mol. The van der Waals surface area contributed by atoms with Gasteiger partial charge in [-0.1, -0.05) is 28.1 Å². The number of halogens is 2. The lowest BCUT2D eigenvalue weighted by Crippen LogP contribution is -3.00. The molecule has 0 aromatic heterocycles. The summed E-state index contributed by atoms with van der Waals surface area (Å²) in [7, 11) is 0. The van der Waals surface area contributed by atoms with Crippen molar-refractivity contribution < 1.29 is 20.9 Å². The predicted octanol–water partition coefficient (Wildman–Crippen LogP) is -1.81. The normalized spacial score (nSPS) is 13.0. The lowest BCUT2D eigenvalue weighted by Gasteiger charge is -1.91. The Morgan fingerprint density at radius 2 is 1.90 bits per heavy atom. The van der Waals surface area contributed by atoms with Crippen LogP contribution in [-0.4, -0.2) is 0 Å². The van der Waals surface area contributed by atoms with Crippen molar-refractivity contribution in [2.24, 2.45) is 0 Å². The maximum absolute atomic E-state index is 7.28. The molecule has 0 amide bonds. The van der Waals surface area contributed by atoms with Crippen LogP contribution < -0.4 is 18.1 Å². The Balaban J connectivity index is 0.00000121. The highest BCUT2D eigenvalue weighted by Gasteiger charge is 1.88. The van der Waals surface area contributed by atoms with Crippen molar-refractivity contribution in [2.45, 2.75) is 6.50 Å². The van der Waals surface area contributed by atoms with Crippen LogP contribution in [0.25, 0.3) is 0 Å². The largest absolute Gasteiger partial charge is 1.00 e. The van der Waals surface area contributed by atoms with E-state index in [1.807, 2.05) is 0 Å². The van der Waals surface area contributed by atoms with Crippen molar-refractivity contribution in [1.29, 1.82) is 0 Å². The highest BCUT2D eigenvalue weighted by atomic mass is 79.9. The van der Waals surface area contributed by atoms with Gasteiger partial charge in [-0.15, -0.1) is 0 Å². The van der Waals surface area contributed by atoms with E-state index in [1.165, 1.54) is 0 Å². The standard InChI is InChI=1S/C7H8BrN.ClH/c8-7-3-1-6(5-9)2-4-7;/h1-4H,5,9H2;1H/i5D2;. The molecule has 1 aromatic rings. The number of hydrogen-bond acceptors (Lipinski definition) is 0. The summed E-state index contributed by atoms with van der Waals surface area (Å²) in [5, 5.41) is 0. The summed E-state index contributed by atoms with van der Waals surface area (Å²) in [5.74, 6) is 0. The molecule has 0 aliphatic heterocycles. The quantitative estimate of drug-likeness (QED) is 0.583. The third kappa shape index (κ3) is 2.69. The van der Waals surface area contributed by atoms with Gasteiger partial charge in [-0.2, -0.15) is 0 Å². The molecule has 10 heavy (non-hydrogen) atoms. The molecule has 0 saturated carbocycles. The van der Waals surface area contributed by atoms with Gasteiger partial charge in [0.15, 0.2) is 0 Å². The monoisotopic (exact) mass is 223 g/mol. The average molecular weight is 225 g/mol. The Morgan fingerprint density at radius 1 is 1.40 bits per heavy atom. The second-order valence-corrected chi connectivity index (χ2v) is 2.60. The highest BCUT2D eigenvalue weighted by molar-refractivity contribution is 9.10. The molecule has 1 aromatic carbocycles. The summed E-state index contributed by atoms with van der Waals surface area (Å²) < 4.78 is 15.5. The van der Waals surface area contributed by atoms with Crippen LogP contribution >= 0.6 is 15.9 Å². The van der Waals surface area contributed by atoms with E-state index in [1.54, 1.807) is 24.3 Å². The molecular formula is C7H9BrClN. The molecule has 0 unspecified atom stereocenters. The molecule has 0 atom stereocenters. The summed E-state index contributed by atoms with van der Waals surface area (Å²) >= 11 is 3.27. The van der Waals surface area contributed by atoms with Crippen LogP contribution in [0.1, 0.15) is 8.30 Å². The summed E-state index contributed by atoms with van der Waals surface area (Å²) in [6, 6.07) is 7.05. The minimum Gasteiger partial charge on any atom is -1.00 e. The van der Waals surface area contributed by atoms with E-state index in [4.69, 9.17) is 2.74 Å². The average Bonchev–Trinajstić information content (AvgIpc) is 1.86. The van der Waals surface area contributed by atoms with E-state index in [-0.39, 0.29) is 12.4 Å². The molecular weight excluding hydrogens is 213 g/mol. The summed E-state index contributed by atoms with van der Waals surface area (Å²) in [6.45, 7) is -1.49. The smallest absolute Gasteiger partial charge is 0.0997 e. The Morgan fingerprint density at radius 3 is 2.30 bits per heavy atom. The zero-order valence-electron chi connectivity index (χ0n) is 7.27. The molecule has 0 bridgehead atoms. The van der Waals surface area contributed by atoms with Gasteiger partial charge in [0.25, 0.3) is 0 Å². The first kappa shape index (κ1) is 6.65. The topological polar surface area (TPSA) is 27.6 Å².